The van der Waals surface area contributed by atoms with E-state index in [-0.39, 0.29) is 17.5 Å². The molecule has 0 spiro atoms. The lowest BCUT2D eigenvalue weighted by molar-refractivity contribution is -0.116. The number of esters is 1. The minimum absolute atomic E-state index is 0.133. The normalized spacial score (nSPS) is 10.6. The second kappa shape index (κ2) is 5.66. The zero-order valence-corrected chi connectivity index (χ0v) is 11.4. The summed E-state index contributed by atoms with van der Waals surface area (Å²) in [7, 11) is 2.99. The number of rotatable bonds is 4. The maximum atomic E-state index is 11.7. The number of aromatic nitrogens is 2. The second-order valence-electron chi connectivity index (χ2n) is 4.57. The third kappa shape index (κ3) is 3.09. The highest BCUT2D eigenvalue weighted by atomic mass is 16.5. The van der Waals surface area contributed by atoms with Crippen LogP contribution in [-0.4, -0.2) is 28.8 Å². The van der Waals surface area contributed by atoms with Crippen molar-refractivity contribution in [2.75, 3.05) is 12.4 Å². The molecule has 0 saturated carbocycles. The van der Waals surface area contributed by atoms with Crippen LogP contribution in [0.2, 0.25) is 0 Å². The van der Waals surface area contributed by atoms with Crippen molar-refractivity contribution in [1.82, 2.24) is 9.78 Å². The molecule has 0 unspecified atom stereocenters. The average molecular weight is 253 g/mol. The van der Waals surface area contributed by atoms with Crippen LogP contribution < -0.4 is 5.32 Å². The average Bonchev–Trinajstić information content (AvgIpc) is 2.55. The van der Waals surface area contributed by atoms with Gasteiger partial charge in [0.25, 0.3) is 0 Å². The Bertz CT molecular complexity index is 463. The summed E-state index contributed by atoms with van der Waals surface area (Å²) < 4.78 is 6.18. The molecular formula is C12H19N3O3. The Hall–Kier alpha value is -1.85. The van der Waals surface area contributed by atoms with Crippen molar-refractivity contribution in [3.8, 4) is 0 Å². The number of ether oxygens (including phenoxy) is 1. The number of aryl methyl sites for hydroxylation is 1. The Morgan fingerprint density at radius 3 is 2.56 bits per heavy atom. The van der Waals surface area contributed by atoms with Crippen LogP contribution in [0.15, 0.2) is 0 Å². The number of amides is 1. The Balaban J connectivity index is 3.00. The van der Waals surface area contributed by atoms with E-state index >= 15 is 0 Å². The molecule has 6 nitrogen and oxygen atoms in total. The number of carbonyl (C=O) groups is 2. The fourth-order valence-electron chi connectivity index (χ4n) is 1.56. The summed E-state index contributed by atoms with van der Waals surface area (Å²) >= 11 is 0. The Morgan fingerprint density at radius 1 is 1.44 bits per heavy atom. The molecule has 6 heteroatoms. The maximum Gasteiger partial charge on any atom is 0.360 e. The van der Waals surface area contributed by atoms with Gasteiger partial charge >= 0.3 is 5.97 Å². The Kier molecular flexibility index (Phi) is 4.47. The number of nitrogens with one attached hydrogen (secondary N) is 1. The predicted octanol–water partition coefficient (Wildman–Crippen LogP) is 1.50. The zero-order chi connectivity index (χ0) is 13.9. The van der Waals surface area contributed by atoms with E-state index in [2.05, 4.69) is 15.2 Å². The van der Waals surface area contributed by atoms with Gasteiger partial charge in [-0.25, -0.2) is 4.79 Å². The third-order valence-corrected chi connectivity index (χ3v) is 2.57. The highest BCUT2D eigenvalue weighted by Gasteiger charge is 2.21. The summed E-state index contributed by atoms with van der Waals surface area (Å²) in [5.74, 6) is -0.437. The van der Waals surface area contributed by atoms with Crippen LogP contribution in [0.4, 0.5) is 5.69 Å². The molecule has 0 aliphatic rings. The molecule has 0 radical (unpaired) electrons. The quantitative estimate of drug-likeness (QED) is 0.825. The van der Waals surface area contributed by atoms with Crippen LogP contribution in [0.3, 0.4) is 0 Å². The van der Waals surface area contributed by atoms with Gasteiger partial charge in [-0.2, -0.15) is 5.10 Å². The van der Waals surface area contributed by atoms with Gasteiger partial charge in [0.2, 0.25) is 5.91 Å². The summed E-state index contributed by atoms with van der Waals surface area (Å²) in [6.45, 7) is 5.69. The van der Waals surface area contributed by atoms with Gasteiger partial charge in [-0.15, -0.1) is 0 Å². The predicted molar refractivity (Wildman–Crippen MR) is 67.4 cm³/mol. The van der Waals surface area contributed by atoms with E-state index in [1.54, 1.807) is 14.0 Å². The second-order valence-corrected chi connectivity index (χ2v) is 4.57. The fourth-order valence-corrected chi connectivity index (χ4v) is 1.56. The van der Waals surface area contributed by atoms with Gasteiger partial charge < -0.3 is 10.1 Å². The lowest BCUT2D eigenvalue weighted by Crippen LogP contribution is -2.16. The lowest BCUT2D eigenvalue weighted by Gasteiger charge is -2.07. The fraction of sp³-hybridized carbons (Fsp3) is 0.583. The molecule has 100 valence electrons. The van der Waals surface area contributed by atoms with Crippen molar-refractivity contribution in [2.24, 2.45) is 13.0 Å². The van der Waals surface area contributed by atoms with E-state index in [0.29, 0.717) is 17.8 Å². The lowest BCUT2D eigenvalue weighted by atomic mass is 10.1. The van der Waals surface area contributed by atoms with Crippen LogP contribution in [-0.2, 0) is 16.6 Å². The summed E-state index contributed by atoms with van der Waals surface area (Å²) in [6, 6.07) is 0. The molecule has 0 saturated heterocycles. The monoisotopic (exact) mass is 253 g/mol. The molecule has 1 aromatic rings. The summed E-state index contributed by atoms with van der Waals surface area (Å²) in [6.07, 6.45) is 0.398. The van der Waals surface area contributed by atoms with Gasteiger partial charge in [0.15, 0.2) is 5.69 Å². The van der Waals surface area contributed by atoms with Crippen molar-refractivity contribution in [3.63, 3.8) is 0 Å². The van der Waals surface area contributed by atoms with E-state index in [1.807, 2.05) is 13.8 Å². The molecule has 1 amide bonds. The van der Waals surface area contributed by atoms with E-state index in [0.717, 1.165) is 0 Å². The number of anilines is 1. The van der Waals surface area contributed by atoms with Gasteiger partial charge in [-0.1, -0.05) is 13.8 Å². The van der Waals surface area contributed by atoms with Gasteiger partial charge in [0.05, 0.1) is 18.5 Å². The van der Waals surface area contributed by atoms with E-state index in [9.17, 15) is 9.59 Å². The van der Waals surface area contributed by atoms with Crippen LogP contribution >= 0.6 is 0 Å². The largest absolute Gasteiger partial charge is 0.464 e. The molecule has 0 fully saturated rings. The number of nitrogens with zero attached hydrogens (tertiary/aromatic N) is 2. The van der Waals surface area contributed by atoms with Crippen molar-refractivity contribution in [2.45, 2.75) is 27.2 Å². The van der Waals surface area contributed by atoms with Crippen LogP contribution in [0.5, 0.6) is 0 Å². The number of hydrogen-bond acceptors (Lipinski definition) is 4. The van der Waals surface area contributed by atoms with E-state index in [4.69, 9.17) is 0 Å². The number of methoxy groups -OCH3 is 1. The minimum atomic E-state index is -0.557. The molecule has 0 aliphatic carbocycles. The first-order valence-electron chi connectivity index (χ1n) is 5.78. The maximum absolute atomic E-state index is 11.7. The van der Waals surface area contributed by atoms with Crippen molar-refractivity contribution in [1.29, 1.82) is 0 Å². The molecule has 0 bridgehead atoms. The first-order valence-corrected chi connectivity index (χ1v) is 5.78. The van der Waals surface area contributed by atoms with Crippen LogP contribution in [0, 0.1) is 12.8 Å². The molecular weight excluding hydrogens is 234 g/mol. The summed E-state index contributed by atoms with van der Waals surface area (Å²) in [5, 5.41) is 6.76. The molecule has 1 aromatic heterocycles. The third-order valence-electron chi connectivity index (χ3n) is 2.57. The van der Waals surface area contributed by atoms with Crippen LogP contribution in [0.1, 0.15) is 36.5 Å². The van der Waals surface area contributed by atoms with Crippen LogP contribution in [0.25, 0.3) is 0 Å². The summed E-state index contributed by atoms with van der Waals surface area (Å²) in [5.41, 5.74) is 1.28. The highest BCUT2D eigenvalue weighted by Crippen LogP contribution is 2.20. The van der Waals surface area contributed by atoms with Crippen molar-refractivity contribution < 1.29 is 14.3 Å². The first-order chi connectivity index (χ1) is 8.36. The zero-order valence-electron chi connectivity index (χ0n) is 11.4. The standard InChI is InChI=1S/C12H19N3O3/c1-7(2)6-9(16)13-10-8(3)15(4)14-11(10)12(17)18-5/h7H,6H2,1-5H3,(H,13,16). The molecule has 1 rings (SSSR count). The molecule has 0 aromatic carbocycles. The molecule has 1 heterocycles. The minimum Gasteiger partial charge on any atom is -0.464 e. The number of hydrogen-bond donors (Lipinski definition) is 1. The molecule has 0 aliphatic heterocycles. The van der Waals surface area contributed by atoms with Gasteiger partial charge in [0.1, 0.15) is 0 Å². The van der Waals surface area contributed by atoms with Gasteiger partial charge in [0, 0.05) is 13.5 Å². The SMILES string of the molecule is COC(=O)c1nn(C)c(C)c1NC(=O)CC(C)C. The number of carbonyl (C=O) groups excluding carboxylic acids is 2. The highest BCUT2D eigenvalue weighted by molar-refractivity contribution is 6.00. The molecule has 0 atom stereocenters. The molecule has 18 heavy (non-hydrogen) atoms. The van der Waals surface area contributed by atoms with Crippen molar-refractivity contribution in [3.05, 3.63) is 11.4 Å². The Labute approximate surface area is 106 Å². The first kappa shape index (κ1) is 14.2. The van der Waals surface area contributed by atoms with Gasteiger partial charge in [-0.3, -0.25) is 9.48 Å². The summed E-state index contributed by atoms with van der Waals surface area (Å²) in [4.78, 5) is 23.3. The van der Waals surface area contributed by atoms with Crippen molar-refractivity contribution >= 4 is 17.6 Å². The topological polar surface area (TPSA) is 73.2 Å². The Morgan fingerprint density at radius 2 is 2.06 bits per heavy atom. The smallest absolute Gasteiger partial charge is 0.360 e. The molecule has 1 N–H and O–H groups in total. The van der Waals surface area contributed by atoms with E-state index in [1.165, 1.54) is 11.8 Å². The van der Waals surface area contributed by atoms with E-state index < -0.39 is 5.97 Å². The van der Waals surface area contributed by atoms with Gasteiger partial charge in [-0.05, 0) is 12.8 Å².